The van der Waals surface area contributed by atoms with Crippen molar-refractivity contribution in [1.29, 1.82) is 0 Å². The van der Waals surface area contributed by atoms with Crippen LogP contribution in [0.4, 0.5) is 10.5 Å². The summed E-state index contributed by atoms with van der Waals surface area (Å²) in [5.74, 6) is -0.00445. The molecular weight excluding hydrogens is 430 g/mol. The standard InChI is InChI=1S/C26H37N5O3/c1-4-31(5-2)25(33)15-17-27-26(34)28-19-21-11-13-23(14-12-21)29-24(32)16-18-30(3)20-22-9-7-6-8-10-22/h6-14H,4-5,15-20H2,1-3H3,(H,29,32)(H2,27,28,34). The number of rotatable bonds is 13. The van der Waals surface area contributed by atoms with E-state index in [4.69, 9.17) is 0 Å². The summed E-state index contributed by atoms with van der Waals surface area (Å²) in [5, 5.41) is 8.39. The van der Waals surface area contributed by atoms with Crippen LogP contribution >= 0.6 is 0 Å². The van der Waals surface area contributed by atoms with Gasteiger partial charge in [-0.3, -0.25) is 9.59 Å². The summed E-state index contributed by atoms with van der Waals surface area (Å²) in [6.45, 7) is 7.33. The Bertz CT molecular complexity index is 898. The minimum atomic E-state index is -0.315. The first kappa shape index (κ1) is 26.9. The summed E-state index contributed by atoms with van der Waals surface area (Å²) in [4.78, 5) is 40.0. The van der Waals surface area contributed by atoms with Crippen LogP contribution in [-0.2, 0) is 22.7 Å². The van der Waals surface area contributed by atoms with Crippen LogP contribution < -0.4 is 16.0 Å². The molecule has 0 aromatic heterocycles. The van der Waals surface area contributed by atoms with Crippen molar-refractivity contribution in [3.63, 3.8) is 0 Å². The van der Waals surface area contributed by atoms with Crippen LogP contribution in [0.2, 0.25) is 0 Å². The molecule has 34 heavy (non-hydrogen) atoms. The van der Waals surface area contributed by atoms with E-state index < -0.39 is 0 Å². The van der Waals surface area contributed by atoms with E-state index in [1.54, 1.807) is 4.90 Å². The largest absolute Gasteiger partial charge is 0.343 e. The van der Waals surface area contributed by atoms with E-state index in [0.29, 0.717) is 39.1 Å². The molecule has 184 valence electrons. The van der Waals surface area contributed by atoms with Gasteiger partial charge in [-0.15, -0.1) is 0 Å². The molecule has 0 saturated carbocycles. The first-order valence-electron chi connectivity index (χ1n) is 11.8. The Morgan fingerprint density at radius 1 is 0.824 bits per heavy atom. The summed E-state index contributed by atoms with van der Waals surface area (Å²) >= 11 is 0. The topological polar surface area (TPSA) is 93.8 Å². The number of urea groups is 1. The number of hydrogen-bond acceptors (Lipinski definition) is 4. The van der Waals surface area contributed by atoms with Gasteiger partial charge in [-0.25, -0.2) is 4.79 Å². The van der Waals surface area contributed by atoms with E-state index in [1.807, 2.05) is 63.4 Å². The van der Waals surface area contributed by atoms with Crippen LogP contribution in [-0.4, -0.2) is 60.9 Å². The molecule has 8 nitrogen and oxygen atoms in total. The summed E-state index contributed by atoms with van der Waals surface area (Å²) in [7, 11) is 2.00. The minimum Gasteiger partial charge on any atom is -0.343 e. The van der Waals surface area contributed by atoms with Crippen molar-refractivity contribution >= 4 is 23.5 Å². The summed E-state index contributed by atoms with van der Waals surface area (Å²) in [5.41, 5.74) is 2.85. The number of carbonyl (C=O) groups excluding carboxylic acids is 3. The highest BCUT2D eigenvalue weighted by Gasteiger charge is 2.10. The minimum absolute atomic E-state index is 0.0331. The lowest BCUT2D eigenvalue weighted by Crippen LogP contribution is -2.38. The summed E-state index contributed by atoms with van der Waals surface area (Å²) < 4.78 is 0. The van der Waals surface area contributed by atoms with Crippen LogP contribution in [0.1, 0.15) is 37.8 Å². The predicted octanol–water partition coefficient (Wildman–Crippen LogP) is 3.20. The molecule has 2 aromatic rings. The first-order chi connectivity index (χ1) is 16.4. The molecule has 8 heteroatoms. The molecule has 4 amide bonds. The third-order valence-corrected chi connectivity index (χ3v) is 5.45. The van der Waals surface area contributed by atoms with Crippen molar-refractivity contribution in [3.05, 3.63) is 65.7 Å². The maximum Gasteiger partial charge on any atom is 0.315 e. The maximum atomic E-state index is 12.3. The smallest absolute Gasteiger partial charge is 0.315 e. The fraction of sp³-hybridized carbons (Fsp3) is 0.423. The van der Waals surface area contributed by atoms with Gasteiger partial charge in [0.05, 0.1) is 0 Å². The Morgan fingerprint density at radius 2 is 1.50 bits per heavy atom. The average molecular weight is 468 g/mol. The Hall–Kier alpha value is -3.39. The zero-order valence-corrected chi connectivity index (χ0v) is 20.5. The van der Waals surface area contributed by atoms with Gasteiger partial charge in [0.25, 0.3) is 0 Å². The van der Waals surface area contributed by atoms with Gasteiger partial charge in [0.2, 0.25) is 11.8 Å². The van der Waals surface area contributed by atoms with Crippen LogP contribution in [0.25, 0.3) is 0 Å². The molecule has 0 bridgehead atoms. The van der Waals surface area contributed by atoms with E-state index in [9.17, 15) is 14.4 Å². The molecule has 2 rings (SSSR count). The molecule has 0 atom stereocenters. The SMILES string of the molecule is CCN(CC)C(=O)CCNC(=O)NCc1ccc(NC(=O)CCN(C)Cc2ccccc2)cc1. The number of nitrogens with zero attached hydrogens (tertiary/aromatic N) is 2. The van der Waals surface area contributed by atoms with Crippen molar-refractivity contribution in [2.45, 2.75) is 39.8 Å². The predicted molar refractivity (Wildman–Crippen MR) is 135 cm³/mol. The maximum absolute atomic E-state index is 12.3. The molecule has 0 spiro atoms. The number of carbonyl (C=O) groups is 3. The quantitative estimate of drug-likeness (QED) is 0.422. The summed E-state index contributed by atoms with van der Waals surface area (Å²) in [6, 6.07) is 17.2. The van der Waals surface area contributed by atoms with Crippen LogP contribution in [0, 0.1) is 0 Å². The van der Waals surface area contributed by atoms with Crippen molar-refractivity contribution in [2.24, 2.45) is 0 Å². The second-order valence-electron chi connectivity index (χ2n) is 8.14. The number of amides is 4. The van der Waals surface area contributed by atoms with E-state index >= 15 is 0 Å². The molecule has 0 saturated heterocycles. The van der Waals surface area contributed by atoms with Gasteiger partial charge in [0.15, 0.2) is 0 Å². The average Bonchev–Trinajstić information content (AvgIpc) is 2.84. The van der Waals surface area contributed by atoms with E-state index in [-0.39, 0.29) is 24.3 Å². The van der Waals surface area contributed by atoms with Crippen LogP contribution in [0.3, 0.4) is 0 Å². The number of nitrogens with one attached hydrogen (secondary N) is 3. The molecule has 0 heterocycles. The zero-order valence-electron chi connectivity index (χ0n) is 20.5. The van der Waals surface area contributed by atoms with Crippen molar-refractivity contribution in [1.82, 2.24) is 20.4 Å². The van der Waals surface area contributed by atoms with Crippen LogP contribution in [0.5, 0.6) is 0 Å². The van der Waals surface area contributed by atoms with E-state index in [1.165, 1.54) is 5.56 Å². The van der Waals surface area contributed by atoms with Crippen molar-refractivity contribution < 1.29 is 14.4 Å². The van der Waals surface area contributed by atoms with Crippen molar-refractivity contribution in [3.8, 4) is 0 Å². The molecule has 0 radical (unpaired) electrons. The highest BCUT2D eigenvalue weighted by molar-refractivity contribution is 5.90. The first-order valence-corrected chi connectivity index (χ1v) is 11.8. The van der Waals surface area contributed by atoms with E-state index in [2.05, 4.69) is 33.0 Å². The highest BCUT2D eigenvalue weighted by atomic mass is 16.2. The molecule has 0 unspecified atom stereocenters. The van der Waals surface area contributed by atoms with Gasteiger partial charge in [0, 0.05) is 57.8 Å². The van der Waals surface area contributed by atoms with Crippen molar-refractivity contribution in [2.75, 3.05) is 38.5 Å². The zero-order chi connectivity index (χ0) is 24.8. The monoisotopic (exact) mass is 467 g/mol. The molecule has 0 aliphatic rings. The molecule has 2 aromatic carbocycles. The van der Waals surface area contributed by atoms with Gasteiger partial charge in [-0.1, -0.05) is 42.5 Å². The molecule has 3 N–H and O–H groups in total. The lowest BCUT2D eigenvalue weighted by atomic mass is 10.2. The molecule has 0 aliphatic heterocycles. The van der Waals surface area contributed by atoms with E-state index in [0.717, 1.165) is 17.8 Å². The highest BCUT2D eigenvalue weighted by Crippen LogP contribution is 2.10. The van der Waals surface area contributed by atoms with Gasteiger partial charge < -0.3 is 25.8 Å². The van der Waals surface area contributed by atoms with Crippen LogP contribution in [0.15, 0.2) is 54.6 Å². The fourth-order valence-electron chi connectivity index (χ4n) is 3.46. The third kappa shape index (κ3) is 10.0. The molecule has 0 aliphatic carbocycles. The lowest BCUT2D eigenvalue weighted by Gasteiger charge is -2.18. The fourth-order valence-corrected chi connectivity index (χ4v) is 3.46. The number of hydrogen-bond donors (Lipinski definition) is 3. The molecule has 0 fully saturated rings. The second-order valence-corrected chi connectivity index (χ2v) is 8.14. The third-order valence-electron chi connectivity index (χ3n) is 5.45. The number of benzene rings is 2. The van der Waals surface area contributed by atoms with Gasteiger partial charge in [-0.05, 0) is 44.2 Å². The van der Waals surface area contributed by atoms with Gasteiger partial charge in [0.1, 0.15) is 0 Å². The Kier molecular flexibility index (Phi) is 11.6. The molecular formula is C26H37N5O3. The summed E-state index contributed by atoms with van der Waals surface area (Å²) in [6.07, 6.45) is 0.690. The second kappa shape index (κ2) is 14.7. The Balaban J connectivity index is 1.65. The normalized spacial score (nSPS) is 10.6. The van der Waals surface area contributed by atoms with Gasteiger partial charge in [-0.2, -0.15) is 0 Å². The Labute approximate surface area is 202 Å². The van der Waals surface area contributed by atoms with Gasteiger partial charge >= 0.3 is 6.03 Å². The Morgan fingerprint density at radius 3 is 2.15 bits per heavy atom. The lowest BCUT2D eigenvalue weighted by molar-refractivity contribution is -0.130. The number of anilines is 1.